The quantitative estimate of drug-likeness (QED) is 0.414. The van der Waals surface area contributed by atoms with Crippen LogP contribution < -0.4 is 15.4 Å². The third-order valence-electron chi connectivity index (χ3n) is 6.14. The second-order valence-electron chi connectivity index (χ2n) is 8.73. The van der Waals surface area contributed by atoms with E-state index in [0.717, 1.165) is 67.3 Å². The molecule has 2 aromatic carbocycles. The van der Waals surface area contributed by atoms with Gasteiger partial charge in [-0.25, -0.2) is 22.2 Å². The summed E-state index contributed by atoms with van der Waals surface area (Å²) in [5, 5.41) is 8.27. The van der Waals surface area contributed by atoms with Crippen molar-refractivity contribution in [3.8, 4) is 0 Å². The Morgan fingerprint density at radius 2 is 1.94 bits per heavy atom. The first-order chi connectivity index (χ1) is 16.2. The predicted molar refractivity (Wildman–Crippen MR) is 129 cm³/mol. The summed E-state index contributed by atoms with van der Waals surface area (Å²) >= 11 is 7.59. The van der Waals surface area contributed by atoms with Gasteiger partial charge >= 0.3 is 0 Å². The summed E-state index contributed by atoms with van der Waals surface area (Å²) < 4.78 is 56.4. The van der Waals surface area contributed by atoms with Crippen LogP contribution in [0.4, 0.5) is 20.3 Å². The van der Waals surface area contributed by atoms with Gasteiger partial charge < -0.3 is 10.6 Å². The highest BCUT2D eigenvalue weighted by molar-refractivity contribution is 7.92. The van der Waals surface area contributed by atoms with Crippen LogP contribution in [0.3, 0.4) is 0 Å². The predicted octanol–water partition coefficient (Wildman–Crippen LogP) is 3.89. The molecule has 2 aliphatic rings. The van der Waals surface area contributed by atoms with Gasteiger partial charge in [0.05, 0.1) is 5.51 Å². The van der Waals surface area contributed by atoms with E-state index in [1.807, 2.05) is 12.1 Å². The fraction of sp³-hybridized carbons (Fsp3) is 0.318. The maximum absolute atomic E-state index is 14.7. The van der Waals surface area contributed by atoms with Gasteiger partial charge in [-0.15, -0.1) is 11.3 Å². The van der Waals surface area contributed by atoms with Crippen molar-refractivity contribution in [3.63, 3.8) is 0 Å². The van der Waals surface area contributed by atoms with Gasteiger partial charge in [-0.1, -0.05) is 23.7 Å². The smallest absolute Gasteiger partial charge is 0.268 e. The van der Waals surface area contributed by atoms with Crippen LogP contribution >= 0.6 is 22.9 Å². The molecule has 7 nitrogen and oxygen atoms in total. The van der Waals surface area contributed by atoms with E-state index < -0.39 is 26.6 Å². The van der Waals surface area contributed by atoms with Gasteiger partial charge in [-0.2, -0.15) is 0 Å². The molecule has 0 atom stereocenters. The van der Waals surface area contributed by atoms with Crippen molar-refractivity contribution in [2.75, 3.05) is 36.2 Å². The number of sulfonamides is 1. The molecule has 0 saturated carbocycles. The zero-order chi connectivity index (χ0) is 23.9. The van der Waals surface area contributed by atoms with Gasteiger partial charge in [0.1, 0.15) is 11.6 Å². The van der Waals surface area contributed by atoms with Gasteiger partial charge in [0, 0.05) is 60.8 Å². The van der Waals surface area contributed by atoms with E-state index in [2.05, 4.69) is 25.2 Å². The number of anilines is 2. The van der Waals surface area contributed by atoms with Crippen LogP contribution in [-0.2, 0) is 23.1 Å². The SMILES string of the molecule is O=S(=O)(Nc1cscn1)c1c(F)cc(NCc2c(Cl)cccc2CN2CC3(CNC3)C2)cc1F. The highest BCUT2D eigenvalue weighted by atomic mass is 35.5. The number of nitrogens with one attached hydrogen (secondary N) is 3. The molecule has 3 aromatic rings. The van der Waals surface area contributed by atoms with Crippen LogP contribution in [0.2, 0.25) is 5.02 Å². The van der Waals surface area contributed by atoms with E-state index in [9.17, 15) is 17.2 Å². The Balaban J connectivity index is 1.30. The van der Waals surface area contributed by atoms with Crippen LogP contribution in [0.25, 0.3) is 0 Å². The molecule has 3 heterocycles. The molecule has 5 rings (SSSR count). The summed E-state index contributed by atoms with van der Waals surface area (Å²) in [7, 11) is -4.47. The van der Waals surface area contributed by atoms with Crippen molar-refractivity contribution in [2.45, 2.75) is 18.0 Å². The van der Waals surface area contributed by atoms with E-state index in [4.69, 9.17) is 11.6 Å². The highest BCUT2D eigenvalue weighted by Gasteiger charge is 2.47. The fourth-order valence-corrected chi connectivity index (χ4v) is 6.41. The lowest BCUT2D eigenvalue weighted by molar-refractivity contribution is -0.0445. The van der Waals surface area contributed by atoms with Crippen molar-refractivity contribution in [1.29, 1.82) is 0 Å². The van der Waals surface area contributed by atoms with Crippen molar-refractivity contribution in [1.82, 2.24) is 15.2 Å². The molecule has 2 fully saturated rings. The molecule has 1 spiro atoms. The molecule has 180 valence electrons. The zero-order valence-corrected chi connectivity index (χ0v) is 20.3. The summed E-state index contributed by atoms with van der Waals surface area (Å²) in [6.45, 7) is 5.13. The van der Waals surface area contributed by atoms with Crippen LogP contribution in [0.5, 0.6) is 0 Å². The number of hydrogen-bond donors (Lipinski definition) is 3. The summed E-state index contributed by atoms with van der Waals surface area (Å²) in [6.07, 6.45) is 0. The third kappa shape index (κ3) is 4.63. The first-order valence-electron chi connectivity index (χ1n) is 10.6. The number of likely N-dealkylation sites (tertiary alicyclic amines) is 1. The minimum atomic E-state index is -4.47. The van der Waals surface area contributed by atoms with Gasteiger partial charge in [0.25, 0.3) is 10.0 Å². The Hall–Kier alpha value is -2.31. The summed E-state index contributed by atoms with van der Waals surface area (Å²) in [5.41, 5.74) is 3.79. The molecule has 2 saturated heterocycles. The maximum atomic E-state index is 14.7. The van der Waals surface area contributed by atoms with E-state index in [0.29, 0.717) is 10.4 Å². The molecule has 0 aliphatic carbocycles. The van der Waals surface area contributed by atoms with Crippen LogP contribution in [0, 0.1) is 17.0 Å². The molecule has 12 heteroatoms. The number of aromatic nitrogens is 1. The Kier molecular flexibility index (Phi) is 6.23. The van der Waals surface area contributed by atoms with Crippen molar-refractivity contribution in [2.24, 2.45) is 5.41 Å². The Bertz CT molecular complexity index is 1290. The number of hydrogen-bond acceptors (Lipinski definition) is 7. The summed E-state index contributed by atoms with van der Waals surface area (Å²) in [6, 6.07) is 7.57. The molecular formula is C22H22ClF2N5O2S2. The monoisotopic (exact) mass is 525 g/mol. The number of thiazole rings is 1. The van der Waals surface area contributed by atoms with Gasteiger partial charge in [-0.05, 0) is 29.3 Å². The Labute approximate surface area is 205 Å². The molecule has 1 aromatic heterocycles. The number of rotatable bonds is 8. The van der Waals surface area contributed by atoms with Crippen LogP contribution in [0.1, 0.15) is 11.1 Å². The van der Waals surface area contributed by atoms with Gasteiger partial charge in [-0.3, -0.25) is 9.62 Å². The molecular weight excluding hydrogens is 504 g/mol. The van der Waals surface area contributed by atoms with Crippen molar-refractivity contribution >= 4 is 44.5 Å². The second kappa shape index (κ2) is 9.04. The van der Waals surface area contributed by atoms with E-state index in [1.165, 1.54) is 10.9 Å². The summed E-state index contributed by atoms with van der Waals surface area (Å²) in [5.74, 6) is -2.41. The minimum Gasteiger partial charge on any atom is -0.381 e. The molecule has 0 bridgehead atoms. The second-order valence-corrected chi connectivity index (χ2v) is 11.5. The van der Waals surface area contributed by atoms with Crippen LogP contribution in [0.15, 0.2) is 46.1 Å². The minimum absolute atomic E-state index is 0.000977. The standard InChI is InChI=1S/C22H22ClF2N5O2S2/c23-17-3-1-2-14(7-30-11-22(12-30)9-26-10-22)16(17)6-27-15-4-18(24)21(19(25)5-15)34(31,32)29-20-8-33-13-28-20/h1-5,8,13,26-27,29H,6-7,9-12H2. The molecule has 0 unspecified atom stereocenters. The Morgan fingerprint density at radius 3 is 2.56 bits per heavy atom. The van der Waals surface area contributed by atoms with Gasteiger partial charge in [0.15, 0.2) is 10.7 Å². The molecule has 34 heavy (non-hydrogen) atoms. The van der Waals surface area contributed by atoms with E-state index >= 15 is 0 Å². The number of nitrogens with zero attached hydrogens (tertiary/aromatic N) is 2. The lowest BCUT2D eigenvalue weighted by atomic mass is 9.74. The number of benzene rings is 2. The number of halogens is 3. The highest BCUT2D eigenvalue weighted by Crippen LogP contribution is 2.36. The first kappa shape index (κ1) is 23.4. The first-order valence-corrected chi connectivity index (χ1v) is 13.4. The lowest BCUT2D eigenvalue weighted by Crippen LogP contribution is -2.70. The molecule has 0 radical (unpaired) electrons. The van der Waals surface area contributed by atoms with Crippen LogP contribution in [-0.4, -0.2) is 44.5 Å². The maximum Gasteiger partial charge on any atom is 0.268 e. The normalized spacial score (nSPS) is 17.3. The molecule has 3 N–H and O–H groups in total. The van der Waals surface area contributed by atoms with Crippen molar-refractivity contribution in [3.05, 3.63) is 69.0 Å². The molecule has 2 aliphatic heterocycles. The molecule has 0 amide bonds. The lowest BCUT2D eigenvalue weighted by Gasteiger charge is -2.56. The van der Waals surface area contributed by atoms with E-state index in [1.54, 1.807) is 6.07 Å². The van der Waals surface area contributed by atoms with E-state index in [-0.39, 0.29) is 18.1 Å². The summed E-state index contributed by atoms with van der Waals surface area (Å²) in [4.78, 5) is 5.08. The van der Waals surface area contributed by atoms with Crippen molar-refractivity contribution < 1.29 is 17.2 Å². The topological polar surface area (TPSA) is 86.4 Å². The fourth-order valence-electron chi connectivity index (χ4n) is 4.47. The Morgan fingerprint density at radius 1 is 1.21 bits per heavy atom. The van der Waals surface area contributed by atoms with Gasteiger partial charge in [0.2, 0.25) is 0 Å². The third-order valence-corrected chi connectivity index (χ3v) is 8.48. The largest absolute Gasteiger partial charge is 0.381 e. The average Bonchev–Trinajstić information content (AvgIpc) is 3.19. The average molecular weight is 526 g/mol. The zero-order valence-electron chi connectivity index (χ0n) is 17.9.